The summed E-state index contributed by atoms with van der Waals surface area (Å²) >= 11 is 0. The van der Waals surface area contributed by atoms with Crippen LogP contribution in [0.4, 0.5) is 21.5 Å². The van der Waals surface area contributed by atoms with Crippen LogP contribution in [-0.2, 0) is 0 Å². The molecule has 0 aliphatic carbocycles. The fourth-order valence-electron chi connectivity index (χ4n) is 2.07. The first-order valence-electron chi connectivity index (χ1n) is 6.19. The Morgan fingerprint density at radius 3 is 2.45 bits per heavy atom. The lowest BCUT2D eigenvalue weighted by Gasteiger charge is -2.25. The summed E-state index contributed by atoms with van der Waals surface area (Å²) in [5.74, 6) is -1.36. The van der Waals surface area contributed by atoms with Gasteiger partial charge in [-0.3, -0.25) is 0 Å². The van der Waals surface area contributed by atoms with E-state index in [1.165, 1.54) is 18.2 Å². The van der Waals surface area contributed by atoms with Gasteiger partial charge in [0, 0.05) is 17.9 Å². The molecule has 0 saturated heterocycles. The number of aromatic carboxylic acids is 1. The Morgan fingerprint density at radius 2 is 1.90 bits per heavy atom. The van der Waals surface area contributed by atoms with E-state index >= 15 is 0 Å². The number of nitrogens with zero attached hydrogens (tertiary/aromatic N) is 1. The minimum Gasteiger partial charge on any atom is -0.478 e. The third-order valence-electron chi connectivity index (χ3n) is 3.00. The molecule has 3 N–H and O–H groups in total. The van der Waals surface area contributed by atoms with Crippen LogP contribution in [0, 0.1) is 5.82 Å². The van der Waals surface area contributed by atoms with Crippen molar-refractivity contribution in [3.8, 4) is 0 Å². The highest BCUT2D eigenvalue weighted by atomic mass is 19.1. The van der Waals surface area contributed by atoms with Crippen LogP contribution in [0.15, 0.2) is 42.5 Å². The second-order valence-electron chi connectivity index (χ2n) is 4.30. The molecule has 0 saturated carbocycles. The fraction of sp³-hybridized carbons (Fsp3) is 0.133. The quantitative estimate of drug-likeness (QED) is 0.840. The highest BCUT2D eigenvalue weighted by molar-refractivity contribution is 5.96. The van der Waals surface area contributed by atoms with Gasteiger partial charge in [-0.15, -0.1) is 0 Å². The van der Waals surface area contributed by atoms with E-state index in [4.69, 9.17) is 5.73 Å². The van der Waals surface area contributed by atoms with Crippen molar-refractivity contribution in [1.82, 2.24) is 0 Å². The third kappa shape index (κ3) is 2.71. The highest BCUT2D eigenvalue weighted by Crippen LogP contribution is 2.30. The van der Waals surface area contributed by atoms with Crippen LogP contribution in [0.5, 0.6) is 0 Å². The molecule has 0 bridgehead atoms. The molecule has 4 nitrogen and oxygen atoms in total. The maximum Gasteiger partial charge on any atom is 0.337 e. The molecule has 0 atom stereocenters. The number of halogens is 1. The molecular weight excluding hydrogens is 259 g/mol. The van der Waals surface area contributed by atoms with Gasteiger partial charge in [-0.05, 0) is 49.4 Å². The molecule has 0 unspecified atom stereocenters. The summed E-state index contributed by atoms with van der Waals surface area (Å²) in [5.41, 5.74) is 7.58. The molecule has 0 radical (unpaired) electrons. The molecule has 0 fully saturated rings. The number of carboxylic acids is 1. The molecule has 0 spiro atoms. The van der Waals surface area contributed by atoms with Crippen LogP contribution in [0.3, 0.4) is 0 Å². The van der Waals surface area contributed by atoms with Crippen LogP contribution in [-0.4, -0.2) is 17.6 Å². The van der Waals surface area contributed by atoms with Crippen molar-refractivity contribution in [1.29, 1.82) is 0 Å². The van der Waals surface area contributed by atoms with Crippen molar-refractivity contribution in [2.75, 3.05) is 17.2 Å². The van der Waals surface area contributed by atoms with Crippen molar-refractivity contribution >= 4 is 23.0 Å². The minimum absolute atomic E-state index is 0.158. The molecule has 0 heterocycles. The molecule has 0 aliphatic rings. The summed E-state index contributed by atoms with van der Waals surface area (Å²) < 4.78 is 13.0. The van der Waals surface area contributed by atoms with Crippen LogP contribution >= 0.6 is 0 Å². The first-order valence-corrected chi connectivity index (χ1v) is 6.19. The minimum atomic E-state index is -1.03. The van der Waals surface area contributed by atoms with Gasteiger partial charge in [0.25, 0.3) is 0 Å². The number of hydrogen-bond acceptors (Lipinski definition) is 3. The largest absolute Gasteiger partial charge is 0.478 e. The van der Waals surface area contributed by atoms with Crippen LogP contribution in [0.1, 0.15) is 17.3 Å². The summed E-state index contributed by atoms with van der Waals surface area (Å²) in [4.78, 5) is 13.1. The van der Waals surface area contributed by atoms with Crippen molar-refractivity contribution in [3.63, 3.8) is 0 Å². The molecule has 0 aromatic heterocycles. The monoisotopic (exact) mass is 274 g/mol. The van der Waals surface area contributed by atoms with E-state index < -0.39 is 5.97 Å². The Hall–Kier alpha value is -2.56. The molecule has 20 heavy (non-hydrogen) atoms. The Bertz CT molecular complexity index is 626. The predicted molar refractivity (Wildman–Crippen MR) is 76.9 cm³/mol. The third-order valence-corrected chi connectivity index (χ3v) is 3.00. The van der Waals surface area contributed by atoms with Gasteiger partial charge in [-0.2, -0.15) is 0 Å². The van der Waals surface area contributed by atoms with Gasteiger partial charge in [0.1, 0.15) is 5.82 Å². The van der Waals surface area contributed by atoms with E-state index in [0.29, 0.717) is 23.6 Å². The zero-order valence-corrected chi connectivity index (χ0v) is 11.0. The molecule has 5 heteroatoms. The molecule has 2 rings (SSSR count). The number of benzene rings is 2. The Morgan fingerprint density at radius 1 is 1.25 bits per heavy atom. The number of rotatable bonds is 4. The van der Waals surface area contributed by atoms with Crippen molar-refractivity contribution in [2.45, 2.75) is 6.92 Å². The summed E-state index contributed by atoms with van der Waals surface area (Å²) in [6.07, 6.45) is 0. The first kappa shape index (κ1) is 13.9. The standard InChI is InChI=1S/C15H15FN2O2/c1-2-18(12-6-3-10(16)4-7-12)14-9-11(17)5-8-13(14)15(19)20/h3-9H,2,17H2,1H3,(H,19,20). The number of anilines is 3. The van der Waals surface area contributed by atoms with Gasteiger partial charge in [-0.25, -0.2) is 9.18 Å². The number of carbonyl (C=O) groups is 1. The van der Waals surface area contributed by atoms with E-state index in [-0.39, 0.29) is 11.4 Å². The average Bonchev–Trinajstić information content (AvgIpc) is 2.41. The highest BCUT2D eigenvalue weighted by Gasteiger charge is 2.16. The zero-order valence-electron chi connectivity index (χ0n) is 11.0. The Balaban J connectivity index is 2.53. The van der Waals surface area contributed by atoms with Crippen molar-refractivity contribution < 1.29 is 14.3 Å². The molecule has 2 aromatic carbocycles. The van der Waals surface area contributed by atoms with Crippen LogP contribution < -0.4 is 10.6 Å². The molecule has 0 amide bonds. The van der Waals surface area contributed by atoms with E-state index in [1.54, 1.807) is 29.2 Å². The first-order chi connectivity index (χ1) is 9.52. The lowest BCUT2D eigenvalue weighted by molar-refractivity contribution is 0.0697. The normalized spacial score (nSPS) is 10.3. The molecule has 0 aliphatic heterocycles. The maximum absolute atomic E-state index is 13.0. The number of hydrogen-bond donors (Lipinski definition) is 2. The maximum atomic E-state index is 13.0. The SMILES string of the molecule is CCN(c1ccc(F)cc1)c1cc(N)ccc1C(=O)O. The topological polar surface area (TPSA) is 66.6 Å². The van der Waals surface area contributed by atoms with Gasteiger partial charge < -0.3 is 15.7 Å². The Kier molecular flexibility index (Phi) is 3.89. The van der Waals surface area contributed by atoms with Gasteiger partial charge in [-0.1, -0.05) is 0 Å². The summed E-state index contributed by atoms with van der Waals surface area (Å²) in [6, 6.07) is 10.5. The van der Waals surface area contributed by atoms with Crippen molar-refractivity contribution in [3.05, 3.63) is 53.8 Å². The summed E-state index contributed by atoms with van der Waals surface area (Å²) in [7, 11) is 0. The number of nitrogen functional groups attached to an aromatic ring is 1. The van der Waals surface area contributed by atoms with E-state index in [1.807, 2.05) is 6.92 Å². The van der Waals surface area contributed by atoms with E-state index in [2.05, 4.69) is 0 Å². The second-order valence-corrected chi connectivity index (χ2v) is 4.30. The number of carboxylic acid groups (broad SMARTS) is 1. The van der Waals surface area contributed by atoms with Gasteiger partial charge in [0.2, 0.25) is 0 Å². The van der Waals surface area contributed by atoms with Gasteiger partial charge >= 0.3 is 5.97 Å². The molecule has 104 valence electrons. The second kappa shape index (κ2) is 5.61. The summed E-state index contributed by atoms with van der Waals surface area (Å²) in [5, 5.41) is 9.26. The van der Waals surface area contributed by atoms with E-state index in [0.717, 1.165) is 0 Å². The van der Waals surface area contributed by atoms with Gasteiger partial charge in [0.05, 0.1) is 11.3 Å². The zero-order chi connectivity index (χ0) is 14.7. The number of nitrogens with two attached hydrogens (primary N) is 1. The average molecular weight is 274 g/mol. The molecular formula is C15H15FN2O2. The lowest BCUT2D eigenvalue weighted by atomic mass is 10.1. The summed E-state index contributed by atoms with van der Waals surface area (Å²) in [6.45, 7) is 2.42. The smallest absolute Gasteiger partial charge is 0.337 e. The lowest BCUT2D eigenvalue weighted by Crippen LogP contribution is -2.19. The molecule has 2 aromatic rings. The van der Waals surface area contributed by atoms with Crippen LogP contribution in [0.2, 0.25) is 0 Å². The van der Waals surface area contributed by atoms with Crippen molar-refractivity contribution in [2.24, 2.45) is 0 Å². The van der Waals surface area contributed by atoms with E-state index in [9.17, 15) is 14.3 Å². The van der Waals surface area contributed by atoms with Crippen LogP contribution in [0.25, 0.3) is 0 Å². The Labute approximate surface area is 116 Å². The predicted octanol–water partition coefficient (Wildman–Crippen LogP) is 3.26. The van der Waals surface area contributed by atoms with Gasteiger partial charge in [0.15, 0.2) is 0 Å². The fourth-order valence-corrected chi connectivity index (χ4v) is 2.07.